The van der Waals surface area contributed by atoms with Crippen molar-refractivity contribution in [2.75, 3.05) is 4.90 Å². The summed E-state index contributed by atoms with van der Waals surface area (Å²) in [6.45, 7) is 2.65. The van der Waals surface area contributed by atoms with E-state index in [9.17, 15) is 9.59 Å². The first kappa shape index (κ1) is 24.7. The summed E-state index contributed by atoms with van der Waals surface area (Å²) >= 11 is 7.66. The fourth-order valence-corrected chi connectivity index (χ4v) is 6.17. The standard InChI is InChI=1S/C30H29ClN2O2S/c1-20-7-2-3-10-25(20)32-29(34)23-15-13-21(14-16-23)18-28-30(35)33(19-22-8-6-9-24(31)17-22)26-11-4-5-12-27(26)36-28/h4-6,8-9,11-18,20,25H,2-3,7,10,19H2,1H3,(H,32,34)/b28-18+. The quantitative estimate of drug-likeness (QED) is 0.361. The number of thioether (sulfide) groups is 1. The van der Waals surface area contributed by atoms with Crippen LogP contribution in [0.3, 0.4) is 0 Å². The van der Waals surface area contributed by atoms with Crippen molar-refractivity contribution in [1.82, 2.24) is 5.32 Å². The van der Waals surface area contributed by atoms with Gasteiger partial charge in [0, 0.05) is 21.5 Å². The maximum absolute atomic E-state index is 13.5. The van der Waals surface area contributed by atoms with E-state index < -0.39 is 0 Å². The number of para-hydroxylation sites is 1. The molecule has 0 spiro atoms. The highest BCUT2D eigenvalue weighted by Gasteiger charge is 2.29. The molecule has 0 saturated heterocycles. The summed E-state index contributed by atoms with van der Waals surface area (Å²) in [6, 6.07) is 23.3. The van der Waals surface area contributed by atoms with Crippen LogP contribution in [0.4, 0.5) is 5.69 Å². The maximum Gasteiger partial charge on any atom is 0.265 e. The summed E-state index contributed by atoms with van der Waals surface area (Å²) < 4.78 is 0. The number of nitrogens with zero attached hydrogens (tertiary/aromatic N) is 1. The highest BCUT2D eigenvalue weighted by molar-refractivity contribution is 8.04. The van der Waals surface area contributed by atoms with Gasteiger partial charge in [-0.1, -0.05) is 79.5 Å². The number of nitrogens with one attached hydrogen (secondary N) is 1. The number of fused-ring (bicyclic) bond motifs is 1. The molecule has 2 unspecified atom stereocenters. The van der Waals surface area contributed by atoms with Crippen molar-refractivity contribution in [3.05, 3.63) is 99.4 Å². The van der Waals surface area contributed by atoms with Crippen molar-refractivity contribution in [2.45, 2.75) is 50.1 Å². The number of rotatable bonds is 5. The number of amides is 2. The Kier molecular flexibility index (Phi) is 7.49. The molecule has 184 valence electrons. The van der Waals surface area contributed by atoms with E-state index in [0.717, 1.165) is 28.1 Å². The molecule has 3 aromatic rings. The molecule has 0 radical (unpaired) electrons. The van der Waals surface area contributed by atoms with Crippen molar-refractivity contribution in [3.8, 4) is 0 Å². The van der Waals surface area contributed by atoms with E-state index in [1.54, 1.807) is 4.90 Å². The minimum atomic E-state index is -0.0493. The van der Waals surface area contributed by atoms with Crippen molar-refractivity contribution in [1.29, 1.82) is 0 Å². The first-order valence-electron chi connectivity index (χ1n) is 12.4. The number of anilines is 1. The van der Waals surface area contributed by atoms with E-state index >= 15 is 0 Å². The molecule has 5 rings (SSSR count). The van der Waals surface area contributed by atoms with Gasteiger partial charge >= 0.3 is 0 Å². The van der Waals surface area contributed by atoms with E-state index in [4.69, 9.17) is 11.6 Å². The molecule has 1 N–H and O–H groups in total. The molecule has 1 fully saturated rings. The van der Waals surface area contributed by atoms with Gasteiger partial charge in [0.25, 0.3) is 11.8 Å². The Hall–Kier alpha value is -3.02. The maximum atomic E-state index is 13.5. The number of carbonyl (C=O) groups excluding carboxylic acids is 2. The highest BCUT2D eigenvalue weighted by Crippen LogP contribution is 2.42. The molecule has 1 aliphatic carbocycles. The van der Waals surface area contributed by atoms with Crippen LogP contribution >= 0.6 is 23.4 Å². The van der Waals surface area contributed by atoms with Gasteiger partial charge in [0.1, 0.15) is 0 Å². The highest BCUT2D eigenvalue weighted by atomic mass is 35.5. The van der Waals surface area contributed by atoms with Crippen LogP contribution in [0.1, 0.15) is 54.1 Å². The largest absolute Gasteiger partial charge is 0.349 e. The van der Waals surface area contributed by atoms with Gasteiger partial charge in [-0.05, 0) is 72.4 Å². The molecule has 36 heavy (non-hydrogen) atoms. The molecule has 3 aromatic carbocycles. The summed E-state index contributed by atoms with van der Waals surface area (Å²) in [5, 5.41) is 3.86. The first-order valence-corrected chi connectivity index (χ1v) is 13.6. The van der Waals surface area contributed by atoms with Crippen molar-refractivity contribution < 1.29 is 9.59 Å². The molecule has 1 heterocycles. The van der Waals surface area contributed by atoms with Gasteiger partial charge in [0.05, 0.1) is 17.1 Å². The monoisotopic (exact) mass is 516 g/mol. The van der Waals surface area contributed by atoms with Gasteiger partial charge in [-0.25, -0.2) is 0 Å². The third-order valence-electron chi connectivity index (χ3n) is 6.96. The van der Waals surface area contributed by atoms with E-state index in [2.05, 4.69) is 12.2 Å². The van der Waals surface area contributed by atoms with Crippen LogP contribution in [-0.4, -0.2) is 17.9 Å². The second-order valence-corrected chi connectivity index (χ2v) is 11.1. The Balaban J connectivity index is 1.35. The Morgan fingerprint density at radius 2 is 1.83 bits per heavy atom. The van der Waals surface area contributed by atoms with Crippen LogP contribution in [0.2, 0.25) is 5.02 Å². The number of halogens is 1. The van der Waals surface area contributed by atoms with Crippen LogP contribution < -0.4 is 10.2 Å². The topological polar surface area (TPSA) is 49.4 Å². The van der Waals surface area contributed by atoms with Crippen molar-refractivity contribution >= 4 is 46.9 Å². The van der Waals surface area contributed by atoms with E-state index in [-0.39, 0.29) is 17.9 Å². The molecule has 0 aromatic heterocycles. The van der Waals surface area contributed by atoms with Gasteiger partial charge in [-0.3, -0.25) is 9.59 Å². The predicted octanol–water partition coefficient (Wildman–Crippen LogP) is 7.33. The lowest BCUT2D eigenvalue weighted by Gasteiger charge is -2.30. The average Bonchev–Trinajstić information content (AvgIpc) is 2.88. The average molecular weight is 517 g/mol. The Bertz CT molecular complexity index is 1300. The van der Waals surface area contributed by atoms with Gasteiger partial charge in [0.15, 0.2) is 0 Å². The molecule has 2 aliphatic rings. The number of hydrogen-bond donors (Lipinski definition) is 1. The first-order chi connectivity index (χ1) is 17.5. The van der Waals surface area contributed by atoms with Gasteiger partial charge in [-0.15, -0.1) is 0 Å². The van der Waals surface area contributed by atoms with Crippen molar-refractivity contribution in [2.24, 2.45) is 5.92 Å². The Morgan fingerprint density at radius 3 is 2.61 bits per heavy atom. The molecular formula is C30H29ClN2O2S. The molecule has 6 heteroatoms. The van der Waals surface area contributed by atoms with E-state index in [1.165, 1.54) is 31.0 Å². The lowest BCUT2D eigenvalue weighted by molar-refractivity contribution is -0.114. The second kappa shape index (κ2) is 10.9. The molecule has 1 saturated carbocycles. The smallest absolute Gasteiger partial charge is 0.265 e. The number of carbonyl (C=O) groups is 2. The van der Waals surface area contributed by atoms with Gasteiger partial charge in [0.2, 0.25) is 0 Å². The summed E-state index contributed by atoms with van der Waals surface area (Å²) in [5.74, 6) is 0.434. The number of benzene rings is 3. The lowest BCUT2D eigenvalue weighted by atomic mass is 9.86. The zero-order valence-electron chi connectivity index (χ0n) is 20.2. The summed E-state index contributed by atoms with van der Waals surface area (Å²) in [7, 11) is 0. The van der Waals surface area contributed by atoms with Gasteiger partial charge < -0.3 is 10.2 Å². The second-order valence-electron chi connectivity index (χ2n) is 9.56. The van der Waals surface area contributed by atoms with Crippen LogP contribution in [-0.2, 0) is 11.3 Å². The molecule has 0 bridgehead atoms. The van der Waals surface area contributed by atoms with E-state index in [0.29, 0.717) is 28.0 Å². The Morgan fingerprint density at radius 1 is 1.06 bits per heavy atom. The molecule has 2 atom stereocenters. The van der Waals surface area contributed by atoms with Crippen LogP contribution in [0.5, 0.6) is 0 Å². The van der Waals surface area contributed by atoms with Crippen LogP contribution in [0.25, 0.3) is 6.08 Å². The zero-order valence-corrected chi connectivity index (χ0v) is 21.8. The van der Waals surface area contributed by atoms with Crippen LogP contribution in [0.15, 0.2) is 82.6 Å². The third kappa shape index (κ3) is 5.53. The van der Waals surface area contributed by atoms with Crippen molar-refractivity contribution in [3.63, 3.8) is 0 Å². The summed E-state index contributed by atoms with van der Waals surface area (Å²) in [6.07, 6.45) is 6.53. The molecule has 4 nitrogen and oxygen atoms in total. The minimum absolute atomic E-state index is 0.0299. The summed E-state index contributed by atoms with van der Waals surface area (Å²) in [5.41, 5.74) is 3.40. The molecular weight excluding hydrogens is 488 g/mol. The molecule has 2 amide bonds. The molecule has 1 aliphatic heterocycles. The van der Waals surface area contributed by atoms with E-state index in [1.807, 2.05) is 78.9 Å². The van der Waals surface area contributed by atoms with Gasteiger partial charge in [-0.2, -0.15) is 0 Å². The normalized spacial score (nSPS) is 20.8. The fourth-order valence-electron chi connectivity index (χ4n) is 4.90. The number of hydrogen-bond acceptors (Lipinski definition) is 3. The predicted molar refractivity (Wildman–Crippen MR) is 148 cm³/mol. The zero-order chi connectivity index (χ0) is 25.1. The third-order valence-corrected chi connectivity index (χ3v) is 8.27. The SMILES string of the molecule is CC1CCCCC1NC(=O)c1ccc(/C=C2/Sc3ccccc3N(Cc3cccc(Cl)c3)C2=O)cc1. The van der Waals surface area contributed by atoms with Crippen LogP contribution in [0, 0.1) is 5.92 Å². The fraction of sp³-hybridized carbons (Fsp3) is 0.267. The lowest BCUT2D eigenvalue weighted by Crippen LogP contribution is -2.41. The minimum Gasteiger partial charge on any atom is -0.349 e. The Labute approximate surface area is 221 Å². The summed E-state index contributed by atoms with van der Waals surface area (Å²) in [4.78, 5) is 29.8.